The number of likely N-dealkylation sites (tertiary alicyclic amines) is 1. The molecule has 0 spiro atoms. The predicted molar refractivity (Wildman–Crippen MR) is 148 cm³/mol. The number of rotatable bonds is 6. The number of hydrogen-bond acceptors (Lipinski definition) is 9. The van der Waals surface area contributed by atoms with Crippen molar-refractivity contribution in [3.05, 3.63) is 51.2 Å². The first kappa shape index (κ1) is 27.3. The Labute approximate surface area is 235 Å². The van der Waals surface area contributed by atoms with Crippen molar-refractivity contribution in [3.8, 4) is 11.5 Å². The van der Waals surface area contributed by atoms with Crippen molar-refractivity contribution in [2.45, 2.75) is 58.3 Å². The lowest BCUT2D eigenvalue weighted by Gasteiger charge is -2.39. The highest BCUT2D eigenvalue weighted by Crippen LogP contribution is 2.30. The van der Waals surface area contributed by atoms with Crippen molar-refractivity contribution in [2.75, 3.05) is 32.8 Å². The van der Waals surface area contributed by atoms with Gasteiger partial charge in [0, 0.05) is 38.3 Å². The third kappa shape index (κ3) is 6.67. The third-order valence-electron chi connectivity index (χ3n) is 6.74. The molecule has 11 nitrogen and oxygen atoms in total. The van der Waals surface area contributed by atoms with Crippen molar-refractivity contribution < 1.29 is 19.0 Å². The molecule has 0 bridgehead atoms. The van der Waals surface area contributed by atoms with Crippen molar-refractivity contribution >= 4 is 33.2 Å². The summed E-state index contributed by atoms with van der Waals surface area (Å²) in [6, 6.07) is 5.49. The average molecular weight is 602 g/mol. The number of nitrogens with zero attached hydrogens (tertiary/aromatic N) is 6. The van der Waals surface area contributed by atoms with Crippen LogP contribution >= 0.6 is 15.9 Å². The second kappa shape index (κ2) is 11.5. The Balaban J connectivity index is 1.26. The average Bonchev–Trinajstić information content (AvgIpc) is 2.90. The number of pyridine rings is 2. The summed E-state index contributed by atoms with van der Waals surface area (Å²) in [6.45, 7) is 9.66. The van der Waals surface area contributed by atoms with Crippen LogP contribution in [0, 0.1) is 0 Å². The number of ether oxygens (including phenoxy) is 3. The first-order valence-electron chi connectivity index (χ1n) is 13.1. The summed E-state index contributed by atoms with van der Waals surface area (Å²) in [5.74, 6) is 1.26. The van der Waals surface area contributed by atoms with Gasteiger partial charge in [-0.05, 0) is 61.7 Å². The third-order valence-corrected chi connectivity index (χ3v) is 7.18. The molecule has 1 fully saturated rings. The Kier molecular flexibility index (Phi) is 8.03. The molecular weight excluding hydrogens is 568 g/mol. The fraction of sp³-hybridized carbons (Fsp3) is 0.519. The maximum absolute atomic E-state index is 13.3. The molecule has 0 saturated carbocycles. The SMILES string of the molecule is CC(C)(C)OC(=O)N(Cc1cc2c(cn1)OCCO2)C1CCN(CCn2c(=O)cnc3ccc(Br)nc32)CC1. The van der Waals surface area contributed by atoms with E-state index in [1.807, 2.05) is 39.0 Å². The van der Waals surface area contributed by atoms with Crippen LogP contribution in [0.2, 0.25) is 0 Å². The minimum Gasteiger partial charge on any atom is -0.486 e. The standard InChI is InChI=1S/C27H33BrN6O5/c1-27(2,3)39-26(36)34(17-18-14-21-22(15-29-18)38-13-12-37-21)19-6-8-32(9-7-19)10-11-33-24(35)16-30-20-4-5-23(28)31-25(20)33/h4-5,14-16,19H,6-13,17H2,1-3H3. The van der Waals surface area contributed by atoms with E-state index in [1.165, 1.54) is 6.20 Å². The number of amides is 1. The van der Waals surface area contributed by atoms with Gasteiger partial charge in [0.2, 0.25) is 0 Å². The lowest BCUT2D eigenvalue weighted by atomic mass is 10.0. The minimum atomic E-state index is -0.611. The van der Waals surface area contributed by atoms with E-state index in [9.17, 15) is 9.59 Å². The molecule has 0 unspecified atom stereocenters. The summed E-state index contributed by atoms with van der Waals surface area (Å²) >= 11 is 3.39. The van der Waals surface area contributed by atoms with E-state index >= 15 is 0 Å². The second-order valence-electron chi connectivity index (χ2n) is 10.7. The van der Waals surface area contributed by atoms with Crippen LogP contribution in [0.4, 0.5) is 4.79 Å². The molecule has 0 radical (unpaired) electrons. The molecule has 39 heavy (non-hydrogen) atoms. The zero-order chi connectivity index (χ0) is 27.6. The number of halogens is 1. The molecule has 0 aromatic carbocycles. The fourth-order valence-corrected chi connectivity index (χ4v) is 5.14. The largest absolute Gasteiger partial charge is 0.486 e. The van der Waals surface area contributed by atoms with Gasteiger partial charge in [0.1, 0.15) is 28.9 Å². The van der Waals surface area contributed by atoms with E-state index in [0.717, 1.165) is 31.6 Å². The first-order chi connectivity index (χ1) is 18.7. The van der Waals surface area contributed by atoms with Gasteiger partial charge in [0.25, 0.3) is 5.56 Å². The van der Waals surface area contributed by atoms with Crippen molar-refractivity contribution in [1.82, 2.24) is 29.3 Å². The summed E-state index contributed by atoms with van der Waals surface area (Å²) < 4.78 is 19.4. The Hall–Kier alpha value is -3.25. The molecule has 12 heteroatoms. The molecular formula is C27H33BrN6O5. The number of piperidine rings is 1. The van der Waals surface area contributed by atoms with Crippen LogP contribution in [0.25, 0.3) is 11.2 Å². The molecule has 1 amide bonds. The van der Waals surface area contributed by atoms with E-state index in [2.05, 4.69) is 35.8 Å². The normalized spacial score (nSPS) is 16.3. The molecule has 208 valence electrons. The lowest BCUT2D eigenvalue weighted by Crippen LogP contribution is -2.49. The Morgan fingerprint density at radius 3 is 2.59 bits per heavy atom. The fourth-order valence-electron chi connectivity index (χ4n) is 4.84. The van der Waals surface area contributed by atoms with Gasteiger partial charge in [-0.15, -0.1) is 0 Å². The van der Waals surface area contributed by atoms with Crippen LogP contribution in [-0.4, -0.2) is 79.9 Å². The zero-order valence-electron chi connectivity index (χ0n) is 22.4. The number of carbonyl (C=O) groups excluding carboxylic acids is 1. The van der Waals surface area contributed by atoms with Crippen LogP contribution in [0.15, 0.2) is 40.0 Å². The topological polar surface area (TPSA) is 112 Å². The van der Waals surface area contributed by atoms with E-state index in [1.54, 1.807) is 15.7 Å². The van der Waals surface area contributed by atoms with E-state index in [0.29, 0.717) is 60.1 Å². The van der Waals surface area contributed by atoms with Crippen LogP contribution in [-0.2, 0) is 17.8 Å². The molecule has 1 saturated heterocycles. The predicted octanol–water partition coefficient (Wildman–Crippen LogP) is 3.62. The highest BCUT2D eigenvalue weighted by atomic mass is 79.9. The quantitative estimate of drug-likeness (QED) is 0.391. The molecule has 2 aliphatic rings. The lowest BCUT2D eigenvalue weighted by molar-refractivity contribution is 0.00529. The van der Waals surface area contributed by atoms with Gasteiger partial charge < -0.3 is 19.1 Å². The van der Waals surface area contributed by atoms with Gasteiger partial charge in [0.05, 0.1) is 24.6 Å². The number of fused-ring (bicyclic) bond motifs is 2. The molecule has 5 heterocycles. The van der Waals surface area contributed by atoms with E-state index in [-0.39, 0.29) is 17.7 Å². The molecule has 0 atom stereocenters. The number of carbonyl (C=O) groups is 1. The molecule has 3 aromatic heterocycles. The van der Waals surface area contributed by atoms with Gasteiger partial charge in [-0.2, -0.15) is 0 Å². The second-order valence-corrected chi connectivity index (χ2v) is 11.5. The van der Waals surface area contributed by atoms with Crippen LogP contribution in [0.3, 0.4) is 0 Å². The Morgan fingerprint density at radius 2 is 1.85 bits per heavy atom. The highest BCUT2D eigenvalue weighted by Gasteiger charge is 2.32. The zero-order valence-corrected chi connectivity index (χ0v) is 24.0. The smallest absolute Gasteiger partial charge is 0.410 e. The van der Waals surface area contributed by atoms with E-state index in [4.69, 9.17) is 14.2 Å². The Morgan fingerprint density at radius 1 is 1.10 bits per heavy atom. The number of hydrogen-bond donors (Lipinski definition) is 0. The van der Waals surface area contributed by atoms with Crippen LogP contribution < -0.4 is 15.0 Å². The summed E-state index contributed by atoms with van der Waals surface area (Å²) in [5, 5.41) is 0. The monoisotopic (exact) mass is 600 g/mol. The summed E-state index contributed by atoms with van der Waals surface area (Å²) in [4.78, 5) is 43.1. The first-order valence-corrected chi connectivity index (χ1v) is 13.9. The van der Waals surface area contributed by atoms with Gasteiger partial charge in [0.15, 0.2) is 17.1 Å². The molecule has 5 rings (SSSR count). The van der Waals surface area contributed by atoms with E-state index < -0.39 is 5.60 Å². The molecule has 3 aromatic rings. The molecule has 0 N–H and O–H groups in total. The van der Waals surface area contributed by atoms with Crippen LogP contribution in [0.1, 0.15) is 39.3 Å². The van der Waals surface area contributed by atoms with Gasteiger partial charge >= 0.3 is 6.09 Å². The van der Waals surface area contributed by atoms with Crippen molar-refractivity contribution in [1.29, 1.82) is 0 Å². The van der Waals surface area contributed by atoms with Crippen molar-refractivity contribution in [3.63, 3.8) is 0 Å². The highest BCUT2D eigenvalue weighted by molar-refractivity contribution is 9.10. The van der Waals surface area contributed by atoms with Gasteiger partial charge in [-0.1, -0.05) is 0 Å². The number of aromatic nitrogens is 4. The summed E-state index contributed by atoms with van der Waals surface area (Å²) in [5.41, 5.74) is 1.17. The van der Waals surface area contributed by atoms with Crippen LogP contribution in [0.5, 0.6) is 11.5 Å². The molecule has 2 aliphatic heterocycles. The maximum Gasteiger partial charge on any atom is 0.410 e. The van der Waals surface area contributed by atoms with Gasteiger partial charge in [-0.3, -0.25) is 19.2 Å². The summed E-state index contributed by atoms with van der Waals surface area (Å²) in [7, 11) is 0. The summed E-state index contributed by atoms with van der Waals surface area (Å²) in [6.07, 6.45) is 4.19. The van der Waals surface area contributed by atoms with Gasteiger partial charge in [-0.25, -0.2) is 14.8 Å². The maximum atomic E-state index is 13.3. The molecule has 0 aliphatic carbocycles. The van der Waals surface area contributed by atoms with Crippen molar-refractivity contribution in [2.24, 2.45) is 0 Å². The minimum absolute atomic E-state index is 0.00630. The Bertz CT molecular complexity index is 1400.